The van der Waals surface area contributed by atoms with Crippen LogP contribution in [0.4, 0.5) is 4.39 Å². The first-order chi connectivity index (χ1) is 9.74. The van der Waals surface area contributed by atoms with Gasteiger partial charge in [0.2, 0.25) is 0 Å². The molecule has 2 aromatic carbocycles. The van der Waals surface area contributed by atoms with Crippen LogP contribution in [-0.2, 0) is 6.42 Å². The second kappa shape index (κ2) is 8.08. The molecule has 2 N–H and O–H groups in total. The summed E-state index contributed by atoms with van der Waals surface area (Å²) in [4.78, 5) is 1.07. The van der Waals surface area contributed by atoms with Crippen LogP contribution in [0, 0.1) is 5.82 Å². The van der Waals surface area contributed by atoms with E-state index in [0.717, 1.165) is 29.9 Å². The van der Waals surface area contributed by atoms with E-state index in [-0.39, 0.29) is 11.9 Å². The Labute approximate surface area is 124 Å². The summed E-state index contributed by atoms with van der Waals surface area (Å²) in [5.74, 6) is 0.682. The van der Waals surface area contributed by atoms with E-state index in [1.165, 1.54) is 17.7 Å². The van der Waals surface area contributed by atoms with Crippen molar-refractivity contribution in [3.8, 4) is 0 Å². The highest BCUT2D eigenvalue weighted by Gasteiger charge is 2.04. The molecule has 20 heavy (non-hydrogen) atoms. The van der Waals surface area contributed by atoms with Crippen molar-refractivity contribution in [3.63, 3.8) is 0 Å². The van der Waals surface area contributed by atoms with E-state index in [0.29, 0.717) is 0 Å². The van der Waals surface area contributed by atoms with Gasteiger partial charge in [0.1, 0.15) is 5.82 Å². The fourth-order valence-electron chi connectivity index (χ4n) is 2.03. The normalized spacial score (nSPS) is 12.3. The maximum atomic E-state index is 12.8. The Morgan fingerprint density at radius 2 is 1.70 bits per heavy atom. The third-order valence-corrected chi connectivity index (χ3v) is 4.36. The van der Waals surface area contributed by atoms with Gasteiger partial charge in [0.15, 0.2) is 0 Å². The number of thioether (sulfide) groups is 1. The van der Waals surface area contributed by atoms with Crippen LogP contribution in [0.2, 0.25) is 0 Å². The molecule has 0 spiro atoms. The summed E-state index contributed by atoms with van der Waals surface area (Å²) in [6.07, 6.45) is 3.20. The van der Waals surface area contributed by atoms with Crippen molar-refractivity contribution in [2.75, 3.05) is 5.75 Å². The van der Waals surface area contributed by atoms with Gasteiger partial charge >= 0.3 is 0 Å². The zero-order chi connectivity index (χ0) is 14.2. The standard InChI is InChI=1S/C17H20FNS/c18-15-9-11-17(12-10-15)20-13-16(19)8-4-7-14-5-2-1-3-6-14/h1-3,5-6,9-12,16H,4,7-8,13,19H2. The Bertz CT molecular complexity index is 498. The van der Waals surface area contributed by atoms with Gasteiger partial charge in [-0.15, -0.1) is 11.8 Å². The van der Waals surface area contributed by atoms with Crippen molar-refractivity contribution in [1.29, 1.82) is 0 Å². The largest absolute Gasteiger partial charge is 0.327 e. The topological polar surface area (TPSA) is 26.0 Å². The highest BCUT2D eigenvalue weighted by molar-refractivity contribution is 7.99. The molecule has 0 fully saturated rings. The quantitative estimate of drug-likeness (QED) is 0.770. The van der Waals surface area contributed by atoms with E-state index in [9.17, 15) is 4.39 Å². The van der Waals surface area contributed by atoms with Crippen molar-refractivity contribution in [2.24, 2.45) is 5.73 Å². The van der Waals surface area contributed by atoms with Crippen molar-refractivity contribution in [1.82, 2.24) is 0 Å². The van der Waals surface area contributed by atoms with Gasteiger partial charge in [-0.25, -0.2) is 4.39 Å². The summed E-state index contributed by atoms with van der Waals surface area (Å²) in [6, 6.07) is 17.2. The minimum Gasteiger partial charge on any atom is -0.327 e. The van der Waals surface area contributed by atoms with Crippen LogP contribution in [0.15, 0.2) is 59.5 Å². The molecule has 0 radical (unpaired) electrons. The number of nitrogens with two attached hydrogens (primary N) is 1. The summed E-state index contributed by atoms with van der Waals surface area (Å²) < 4.78 is 12.8. The van der Waals surface area contributed by atoms with E-state index in [2.05, 4.69) is 24.3 Å². The zero-order valence-electron chi connectivity index (χ0n) is 11.5. The van der Waals surface area contributed by atoms with E-state index in [4.69, 9.17) is 5.73 Å². The van der Waals surface area contributed by atoms with Crippen LogP contribution in [0.3, 0.4) is 0 Å². The molecule has 0 aliphatic carbocycles. The number of benzene rings is 2. The van der Waals surface area contributed by atoms with Gasteiger partial charge in [0, 0.05) is 16.7 Å². The first kappa shape index (κ1) is 15.1. The maximum Gasteiger partial charge on any atom is 0.123 e. The molecule has 1 nitrogen and oxygen atoms in total. The SMILES string of the molecule is NC(CCCc1ccccc1)CSc1ccc(F)cc1. The molecule has 3 heteroatoms. The number of hydrogen-bond acceptors (Lipinski definition) is 2. The Hall–Kier alpha value is -1.32. The van der Waals surface area contributed by atoms with Gasteiger partial charge in [0.05, 0.1) is 0 Å². The molecule has 0 bridgehead atoms. The Balaban J connectivity index is 1.65. The van der Waals surface area contributed by atoms with E-state index in [1.54, 1.807) is 23.9 Å². The number of halogens is 1. The predicted molar refractivity (Wildman–Crippen MR) is 84.5 cm³/mol. The van der Waals surface area contributed by atoms with Crippen molar-refractivity contribution in [3.05, 3.63) is 66.0 Å². The van der Waals surface area contributed by atoms with Gasteiger partial charge < -0.3 is 5.73 Å². The minimum atomic E-state index is -0.193. The van der Waals surface area contributed by atoms with Gasteiger partial charge in [-0.05, 0) is 49.1 Å². The molecule has 0 amide bonds. The van der Waals surface area contributed by atoms with Gasteiger partial charge in [-0.2, -0.15) is 0 Å². The van der Waals surface area contributed by atoms with Crippen LogP contribution in [0.5, 0.6) is 0 Å². The molecule has 106 valence electrons. The summed E-state index contributed by atoms with van der Waals surface area (Å²) in [6.45, 7) is 0. The van der Waals surface area contributed by atoms with Crippen LogP contribution < -0.4 is 5.73 Å². The monoisotopic (exact) mass is 289 g/mol. The second-order valence-corrected chi connectivity index (χ2v) is 6.00. The fraction of sp³-hybridized carbons (Fsp3) is 0.294. The average Bonchev–Trinajstić information content (AvgIpc) is 2.48. The molecule has 2 aromatic rings. The summed E-state index contributed by atoms with van der Waals surface area (Å²) in [5, 5.41) is 0. The van der Waals surface area contributed by atoms with Gasteiger partial charge in [-0.1, -0.05) is 30.3 Å². The lowest BCUT2D eigenvalue weighted by atomic mass is 10.1. The van der Waals surface area contributed by atoms with Crippen molar-refractivity contribution < 1.29 is 4.39 Å². The summed E-state index contributed by atoms with van der Waals surface area (Å²) in [5.41, 5.74) is 7.49. The Morgan fingerprint density at radius 1 is 1.00 bits per heavy atom. The zero-order valence-corrected chi connectivity index (χ0v) is 12.3. The highest BCUT2D eigenvalue weighted by Crippen LogP contribution is 2.19. The lowest BCUT2D eigenvalue weighted by Gasteiger charge is -2.11. The predicted octanol–water partition coefficient (Wildman–Crippen LogP) is 4.27. The Kier molecular flexibility index (Phi) is 6.09. The molecule has 0 aromatic heterocycles. The summed E-state index contributed by atoms with van der Waals surface area (Å²) in [7, 11) is 0. The molecule has 0 saturated heterocycles. The van der Waals surface area contributed by atoms with Crippen molar-refractivity contribution >= 4 is 11.8 Å². The van der Waals surface area contributed by atoms with Gasteiger partial charge in [0.25, 0.3) is 0 Å². The lowest BCUT2D eigenvalue weighted by Crippen LogP contribution is -2.22. The lowest BCUT2D eigenvalue weighted by molar-refractivity contribution is 0.626. The number of aryl methyl sites for hydroxylation is 1. The Morgan fingerprint density at radius 3 is 2.40 bits per heavy atom. The first-order valence-corrected chi connectivity index (χ1v) is 7.90. The van der Waals surface area contributed by atoms with E-state index < -0.39 is 0 Å². The third-order valence-electron chi connectivity index (χ3n) is 3.16. The van der Waals surface area contributed by atoms with Crippen LogP contribution in [-0.4, -0.2) is 11.8 Å². The molecular formula is C17H20FNS. The van der Waals surface area contributed by atoms with Crippen molar-refractivity contribution in [2.45, 2.75) is 30.2 Å². The minimum absolute atomic E-state index is 0.189. The number of rotatable bonds is 7. The molecular weight excluding hydrogens is 269 g/mol. The smallest absolute Gasteiger partial charge is 0.123 e. The van der Waals surface area contributed by atoms with Crippen LogP contribution in [0.25, 0.3) is 0 Å². The highest BCUT2D eigenvalue weighted by atomic mass is 32.2. The maximum absolute atomic E-state index is 12.8. The van der Waals surface area contributed by atoms with Crippen LogP contribution in [0.1, 0.15) is 18.4 Å². The summed E-state index contributed by atoms with van der Waals surface area (Å²) >= 11 is 1.69. The third kappa shape index (κ3) is 5.35. The van der Waals surface area contributed by atoms with E-state index >= 15 is 0 Å². The first-order valence-electron chi connectivity index (χ1n) is 6.92. The second-order valence-electron chi connectivity index (χ2n) is 4.90. The van der Waals surface area contributed by atoms with Crippen LogP contribution >= 0.6 is 11.8 Å². The molecule has 0 saturated carbocycles. The van der Waals surface area contributed by atoms with Gasteiger partial charge in [-0.3, -0.25) is 0 Å². The molecule has 0 aliphatic rings. The molecule has 2 rings (SSSR count). The molecule has 0 aliphatic heterocycles. The average molecular weight is 289 g/mol. The fourth-order valence-corrected chi connectivity index (χ4v) is 2.93. The molecule has 0 heterocycles. The molecule has 1 unspecified atom stereocenters. The molecule has 1 atom stereocenters. The number of hydrogen-bond donors (Lipinski definition) is 1. The van der Waals surface area contributed by atoms with E-state index in [1.807, 2.05) is 6.07 Å².